The highest BCUT2D eigenvalue weighted by Crippen LogP contribution is 2.39. The van der Waals surface area contributed by atoms with Crippen LogP contribution in [0.3, 0.4) is 0 Å². The summed E-state index contributed by atoms with van der Waals surface area (Å²) in [6, 6.07) is 0. The molecular weight excluding hydrogens is 414 g/mol. The van der Waals surface area contributed by atoms with Crippen LogP contribution in [0.15, 0.2) is 10.9 Å². The number of nitrogens with one attached hydrogen (secondary N) is 1. The van der Waals surface area contributed by atoms with Crippen molar-refractivity contribution in [3.05, 3.63) is 33.5 Å². The van der Waals surface area contributed by atoms with Crippen molar-refractivity contribution in [3.8, 4) is 0 Å². The van der Waals surface area contributed by atoms with Gasteiger partial charge >= 0.3 is 6.09 Å². The van der Waals surface area contributed by atoms with Gasteiger partial charge in [0.2, 0.25) is 0 Å². The predicted octanol–water partition coefficient (Wildman–Crippen LogP) is 2.02. The molecule has 0 saturated carbocycles. The highest BCUT2D eigenvalue weighted by molar-refractivity contribution is 5.68. The summed E-state index contributed by atoms with van der Waals surface area (Å²) in [5, 5.41) is 3.13. The molecule has 5 heterocycles. The summed E-state index contributed by atoms with van der Waals surface area (Å²) in [6.07, 6.45) is 3.98. The van der Waals surface area contributed by atoms with Gasteiger partial charge in [0, 0.05) is 19.5 Å². The number of aromatic amines is 1. The van der Waals surface area contributed by atoms with Crippen molar-refractivity contribution in [1.82, 2.24) is 24.5 Å². The van der Waals surface area contributed by atoms with Gasteiger partial charge in [0.15, 0.2) is 5.82 Å². The standard InChI is InChI=1S/C22H29N5O5/c1-21(2,3)32-20(29)26-9-7-22(8-10-26)16-15(6-13-31-22)23-19-24-17(25-27(19)18(16)28)14-4-11-30-12-5-14/h4H,5-13H2,1-3H3,(H,23,24,25). The van der Waals surface area contributed by atoms with Gasteiger partial charge in [-0.25, -0.2) is 9.78 Å². The molecule has 0 aliphatic carbocycles. The van der Waals surface area contributed by atoms with Crippen molar-refractivity contribution in [2.75, 3.05) is 32.9 Å². The normalized spacial score (nSPS) is 20.8. The van der Waals surface area contributed by atoms with E-state index in [0.29, 0.717) is 69.3 Å². The summed E-state index contributed by atoms with van der Waals surface area (Å²) in [5.74, 6) is 1.02. The van der Waals surface area contributed by atoms with E-state index in [4.69, 9.17) is 19.2 Å². The van der Waals surface area contributed by atoms with E-state index in [2.05, 4.69) is 10.1 Å². The molecule has 0 radical (unpaired) electrons. The third kappa shape index (κ3) is 3.71. The minimum Gasteiger partial charge on any atom is -0.444 e. The van der Waals surface area contributed by atoms with Crippen LogP contribution in [0, 0.1) is 0 Å². The van der Waals surface area contributed by atoms with Gasteiger partial charge in [-0.15, -0.1) is 0 Å². The largest absolute Gasteiger partial charge is 0.444 e. The van der Waals surface area contributed by atoms with Crippen LogP contribution in [-0.4, -0.2) is 69.1 Å². The van der Waals surface area contributed by atoms with E-state index in [1.54, 1.807) is 4.90 Å². The lowest BCUT2D eigenvalue weighted by atomic mass is 9.81. The monoisotopic (exact) mass is 443 g/mol. The van der Waals surface area contributed by atoms with Crippen LogP contribution in [0.2, 0.25) is 0 Å². The fourth-order valence-electron chi connectivity index (χ4n) is 4.67. The number of carbonyl (C=O) groups excluding carboxylic acids is 1. The molecule has 0 atom stereocenters. The van der Waals surface area contributed by atoms with Crippen molar-refractivity contribution in [2.24, 2.45) is 0 Å². The predicted molar refractivity (Wildman–Crippen MR) is 115 cm³/mol. The molecule has 10 nitrogen and oxygen atoms in total. The number of hydrogen-bond acceptors (Lipinski definition) is 7. The first-order valence-electron chi connectivity index (χ1n) is 11.2. The summed E-state index contributed by atoms with van der Waals surface area (Å²) >= 11 is 0. The maximum absolute atomic E-state index is 13.6. The number of nitrogens with zero attached hydrogens (tertiary/aromatic N) is 4. The first-order chi connectivity index (χ1) is 15.3. The second kappa shape index (κ2) is 7.70. The maximum atomic E-state index is 13.6. The Bertz CT molecular complexity index is 1130. The number of piperidine rings is 1. The molecule has 1 spiro atoms. The molecule has 3 aliphatic rings. The lowest BCUT2D eigenvalue weighted by molar-refractivity contribution is -0.0995. The zero-order chi connectivity index (χ0) is 22.5. The number of hydrogen-bond donors (Lipinski definition) is 1. The quantitative estimate of drug-likeness (QED) is 0.718. The molecule has 0 unspecified atom stereocenters. The Kier molecular flexibility index (Phi) is 5.09. The number of aromatic nitrogens is 4. The molecule has 10 heteroatoms. The summed E-state index contributed by atoms with van der Waals surface area (Å²) in [4.78, 5) is 37.0. The van der Waals surface area contributed by atoms with E-state index in [-0.39, 0.29) is 11.7 Å². The molecule has 3 aliphatic heterocycles. The zero-order valence-electron chi connectivity index (χ0n) is 18.8. The fourth-order valence-corrected chi connectivity index (χ4v) is 4.67. The Morgan fingerprint density at radius 2 is 1.97 bits per heavy atom. The van der Waals surface area contributed by atoms with Crippen LogP contribution < -0.4 is 5.56 Å². The third-order valence-corrected chi connectivity index (χ3v) is 6.23. The molecule has 0 aromatic carbocycles. The average molecular weight is 444 g/mol. The molecule has 1 N–H and O–H groups in total. The molecule has 2 aromatic heterocycles. The lowest BCUT2D eigenvalue weighted by Crippen LogP contribution is -2.52. The Morgan fingerprint density at radius 1 is 1.19 bits per heavy atom. The number of H-pyrrole nitrogens is 1. The smallest absolute Gasteiger partial charge is 0.410 e. The summed E-state index contributed by atoms with van der Waals surface area (Å²) in [6.45, 7) is 8.12. The highest BCUT2D eigenvalue weighted by Gasteiger charge is 2.45. The van der Waals surface area contributed by atoms with Crippen molar-refractivity contribution < 1.29 is 19.0 Å². The number of likely N-dealkylation sites (tertiary alicyclic amines) is 1. The van der Waals surface area contributed by atoms with E-state index >= 15 is 0 Å². The van der Waals surface area contributed by atoms with Crippen molar-refractivity contribution in [3.63, 3.8) is 0 Å². The van der Waals surface area contributed by atoms with Gasteiger partial charge in [0.25, 0.3) is 11.3 Å². The fraction of sp³-hybridized carbons (Fsp3) is 0.636. The van der Waals surface area contributed by atoms with E-state index in [1.807, 2.05) is 26.8 Å². The Balaban J connectivity index is 1.46. The number of carbonyl (C=O) groups is 1. The van der Waals surface area contributed by atoms with Gasteiger partial charge in [0.1, 0.15) is 11.2 Å². The zero-order valence-corrected chi connectivity index (χ0v) is 18.8. The van der Waals surface area contributed by atoms with Gasteiger partial charge in [0.05, 0.1) is 31.1 Å². The second-order valence-electron chi connectivity index (χ2n) is 9.56. The second-order valence-corrected chi connectivity index (χ2v) is 9.56. The first kappa shape index (κ1) is 21.1. The van der Waals surface area contributed by atoms with E-state index < -0.39 is 11.2 Å². The minimum atomic E-state index is -0.749. The van der Waals surface area contributed by atoms with Crippen LogP contribution in [0.5, 0.6) is 0 Å². The third-order valence-electron chi connectivity index (χ3n) is 6.23. The molecule has 1 fully saturated rings. The van der Waals surface area contributed by atoms with Crippen LogP contribution in [0.25, 0.3) is 11.4 Å². The van der Waals surface area contributed by atoms with Crippen molar-refractivity contribution in [2.45, 2.75) is 57.7 Å². The maximum Gasteiger partial charge on any atom is 0.410 e. The van der Waals surface area contributed by atoms with Crippen LogP contribution >= 0.6 is 0 Å². The SMILES string of the molecule is CC(C)(C)OC(=O)N1CCC2(CC1)OCCc1nc3nc(C4=CCOCC4)[nH]n3c(=O)c12. The minimum absolute atomic E-state index is 0.179. The molecular formula is C22H29N5O5. The Morgan fingerprint density at radius 3 is 2.66 bits per heavy atom. The molecule has 32 heavy (non-hydrogen) atoms. The first-order valence-corrected chi connectivity index (χ1v) is 11.2. The van der Waals surface area contributed by atoms with Gasteiger partial charge in [-0.2, -0.15) is 9.50 Å². The van der Waals surface area contributed by atoms with E-state index in [1.165, 1.54) is 4.52 Å². The van der Waals surface area contributed by atoms with Crippen LogP contribution in [-0.2, 0) is 26.2 Å². The molecule has 1 amide bonds. The summed E-state index contributed by atoms with van der Waals surface area (Å²) in [5.41, 5.74) is 0.873. The molecule has 2 aromatic rings. The van der Waals surface area contributed by atoms with Gasteiger partial charge in [-0.1, -0.05) is 6.08 Å². The van der Waals surface area contributed by atoms with Gasteiger partial charge in [-0.3, -0.25) is 9.89 Å². The van der Waals surface area contributed by atoms with Crippen LogP contribution in [0.4, 0.5) is 4.79 Å². The lowest BCUT2D eigenvalue weighted by Gasteiger charge is -2.43. The van der Waals surface area contributed by atoms with E-state index in [9.17, 15) is 9.59 Å². The molecule has 172 valence electrons. The van der Waals surface area contributed by atoms with Crippen LogP contribution in [0.1, 0.15) is 57.1 Å². The van der Waals surface area contributed by atoms with Crippen molar-refractivity contribution in [1.29, 1.82) is 0 Å². The number of ether oxygens (including phenoxy) is 3. The number of amides is 1. The summed E-state index contributed by atoms with van der Waals surface area (Å²) < 4.78 is 18.5. The van der Waals surface area contributed by atoms with E-state index in [0.717, 1.165) is 17.7 Å². The Labute approximate surface area is 185 Å². The number of fused-ring (bicyclic) bond motifs is 3. The highest BCUT2D eigenvalue weighted by atomic mass is 16.6. The molecule has 5 rings (SSSR count). The van der Waals surface area contributed by atoms with Gasteiger partial charge in [-0.05, 0) is 45.6 Å². The summed E-state index contributed by atoms with van der Waals surface area (Å²) in [7, 11) is 0. The average Bonchev–Trinajstić information content (AvgIpc) is 3.18. The topological polar surface area (TPSA) is 111 Å². The van der Waals surface area contributed by atoms with Gasteiger partial charge < -0.3 is 19.1 Å². The molecule has 0 bridgehead atoms. The number of rotatable bonds is 1. The van der Waals surface area contributed by atoms with Crippen molar-refractivity contribution >= 4 is 17.4 Å². The Hall–Kier alpha value is -2.72. The molecule has 1 saturated heterocycles.